The van der Waals surface area contributed by atoms with Crippen molar-refractivity contribution in [2.75, 3.05) is 51.8 Å². The Morgan fingerprint density at radius 1 is 0.917 bits per heavy atom. The summed E-state index contributed by atoms with van der Waals surface area (Å²) in [6.45, 7) is 3.04. The summed E-state index contributed by atoms with van der Waals surface area (Å²) in [6, 6.07) is 9.87. The highest BCUT2D eigenvalue weighted by Gasteiger charge is 2.39. The maximum Gasteiger partial charge on any atom is 0.242 e. The summed E-state index contributed by atoms with van der Waals surface area (Å²) in [6.07, 6.45) is 5.98. The number of carbonyl (C=O) groups is 2. The van der Waals surface area contributed by atoms with Gasteiger partial charge in [-0.05, 0) is 62.4 Å². The van der Waals surface area contributed by atoms with Crippen molar-refractivity contribution in [1.82, 2.24) is 20.0 Å². The molecule has 0 radical (unpaired) electrons. The lowest BCUT2D eigenvalue weighted by atomic mass is 9.84. The largest absolute Gasteiger partial charge is 0.493 e. The molecular formula is C27H35N5O4. The lowest BCUT2D eigenvalue weighted by molar-refractivity contribution is -0.145. The topological polar surface area (TPSA) is 88.1 Å². The normalized spacial score (nSPS) is 18.3. The van der Waals surface area contributed by atoms with Crippen LogP contribution in [-0.2, 0) is 9.59 Å². The minimum absolute atomic E-state index is 0.0614. The Kier molecular flexibility index (Phi) is 7.25. The summed E-state index contributed by atoms with van der Waals surface area (Å²) in [5.41, 5.74) is 1.65. The monoisotopic (exact) mass is 493 g/mol. The first-order valence-corrected chi connectivity index (χ1v) is 13.0. The molecule has 1 aromatic heterocycles. The average molecular weight is 494 g/mol. The standard InChI is InChI=1S/C27H35N5O4/c1-35-23-11-7-20(17-24(23)36-2)22-10-12-25(29-28-22)30-13-4-14-31(16-15-30)26(33)18-32(21-8-9-21)27(34)19-5-3-6-19/h7,10-12,17,19,21H,3-6,8-9,13-16,18H2,1-2H3. The van der Waals surface area contributed by atoms with E-state index < -0.39 is 0 Å². The molecule has 2 aliphatic carbocycles. The SMILES string of the molecule is COc1ccc(-c2ccc(N3CCCN(C(=O)CN(C(=O)C4CCC4)C4CC4)CC3)nn2)cc1OC. The highest BCUT2D eigenvalue weighted by molar-refractivity contribution is 5.87. The predicted molar refractivity (Wildman–Crippen MR) is 136 cm³/mol. The van der Waals surface area contributed by atoms with E-state index in [4.69, 9.17) is 9.47 Å². The van der Waals surface area contributed by atoms with Gasteiger partial charge in [0.25, 0.3) is 0 Å². The first-order chi connectivity index (χ1) is 17.6. The number of hydrogen-bond donors (Lipinski definition) is 0. The van der Waals surface area contributed by atoms with E-state index >= 15 is 0 Å². The zero-order valence-electron chi connectivity index (χ0n) is 21.2. The van der Waals surface area contributed by atoms with E-state index in [2.05, 4.69) is 15.1 Å². The second kappa shape index (κ2) is 10.7. The molecule has 0 atom stereocenters. The van der Waals surface area contributed by atoms with Gasteiger partial charge in [0.15, 0.2) is 17.3 Å². The molecular weight excluding hydrogens is 458 g/mol. The molecule has 9 nitrogen and oxygen atoms in total. The van der Waals surface area contributed by atoms with E-state index in [0.29, 0.717) is 31.1 Å². The molecule has 0 spiro atoms. The van der Waals surface area contributed by atoms with Crippen molar-refractivity contribution in [3.63, 3.8) is 0 Å². The maximum atomic E-state index is 13.1. The van der Waals surface area contributed by atoms with Crippen LogP contribution in [0.4, 0.5) is 5.82 Å². The van der Waals surface area contributed by atoms with Crippen LogP contribution in [0.15, 0.2) is 30.3 Å². The number of benzene rings is 1. The molecule has 36 heavy (non-hydrogen) atoms. The van der Waals surface area contributed by atoms with Gasteiger partial charge in [-0.25, -0.2) is 0 Å². The lowest BCUT2D eigenvalue weighted by Crippen LogP contribution is -2.47. The molecule has 3 aliphatic rings. The second-order valence-electron chi connectivity index (χ2n) is 9.89. The Labute approximate surface area is 212 Å². The number of aromatic nitrogens is 2. The summed E-state index contributed by atoms with van der Waals surface area (Å²) < 4.78 is 10.7. The van der Waals surface area contributed by atoms with Crippen LogP contribution < -0.4 is 14.4 Å². The van der Waals surface area contributed by atoms with Crippen LogP contribution in [0, 0.1) is 5.92 Å². The van der Waals surface area contributed by atoms with Crippen molar-refractivity contribution in [2.45, 2.75) is 44.6 Å². The minimum atomic E-state index is 0.0614. The van der Waals surface area contributed by atoms with Crippen molar-refractivity contribution in [1.29, 1.82) is 0 Å². The van der Waals surface area contributed by atoms with E-state index in [-0.39, 0.29) is 30.3 Å². The van der Waals surface area contributed by atoms with Crippen LogP contribution in [0.5, 0.6) is 11.5 Å². The van der Waals surface area contributed by atoms with Crippen LogP contribution in [0.25, 0.3) is 11.3 Å². The summed E-state index contributed by atoms with van der Waals surface area (Å²) in [4.78, 5) is 31.9. The molecule has 3 fully saturated rings. The Morgan fingerprint density at radius 3 is 2.36 bits per heavy atom. The summed E-state index contributed by atoms with van der Waals surface area (Å²) in [7, 11) is 3.22. The summed E-state index contributed by atoms with van der Waals surface area (Å²) in [5.74, 6) is 2.51. The van der Waals surface area contributed by atoms with Gasteiger partial charge in [0.2, 0.25) is 11.8 Å². The highest BCUT2D eigenvalue weighted by atomic mass is 16.5. The third kappa shape index (κ3) is 5.24. The molecule has 2 heterocycles. The number of methoxy groups -OCH3 is 2. The second-order valence-corrected chi connectivity index (χ2v) is 9.89. The molecule has 0 N–H and O–H groups in total. The number of amides is 2. The molecule has 1 saturated heterocycles. The van der Waals surface area contributed by atoms with E-state index in [9.17, 15) is 9.59 Å². The van der Waals surface area contributed by atoms with Crippen LogP contribution in [0.1, 0.15) is 38.5 Å². The molecule has 5 rings (SSSR count). The van der Waals surface area contributed by atoms with Gasteiger partial charge in [-0.15, -0.1) is 10.2 Å². The zero-order chi connectivity index (χ0) is 25.1. The van der Waals surface area contributed by atoms with Crippen molar-refractivity contribution >= 4 is 17.6 Å². The molecule has 2 aromatic rings. The van der Waals surface area contributed by atoms with E-state index in [0.717, 1.165) is 62.1 Å². The zero-order valence-corrected chi connectivity index (χ0v) is 21.2. The average Bonchev–Trinajstić information content (AvgIpc) is 3.73. The fraction of sp³-hybridized carbons (Fsp3) is 0.556. The highest BCUT2D eigenvalue weighted by Crippen LogP contribution is 2.34. The fourth-order valence-electron chi connectivity index (χ4n) is 4.95. The van der Waals surface area contributed by atoms with Crippen LogP contribution in [-0.4, -0.2) is 84.8 Å². The summed E-state index contributed by atoms with van der Waals surface area (Å²) in [5, 5.41) is 8.92. The van der Waals surface area contributed by atoms with Gasteiger partial charge in [-0.3, -0.25) is 9.59 Å². The summed E-state index contributed by atoms with van der Waals surface area (Å²) >= 11 is 0. The third-order valence-corrected chi connectivity index (χ3v) is 7.53. The van der Waals surface area contributed by atoms with Gasteiger partial charge < -0.3 is 24.2 Å². The molecule has 1 aliphatic heterocycles. The van der Waals surface area contributed by atoms with Crippen molar-refractivity contribution < 1.29 is 19.1 Å². The molecule has 0 bridgehead atoms. The fourth-order valence-corrected chi connectivity index (χ4v) is 4.95. The molecule has 1 aromatic carbocycles. The molecule has 2 amide bonds. The van der Waals surface area contributed by atoms with Crippen LogP contribution in [0.3, 0.4) is 0 Å². The van der Waals surface area contributed by atoms with Crippen molar-refractivity contribution in [2.24, 2.45) is 5.92 Å². The van der Waals surface area contributed by atoms with Gasteiger partial charge in [0.05, 0.1) is 19.9 Å². The number of rotatable bonds is 8. The number of hydrogen-bond acceptors (Lipinski definition) is 7. The van der Waals surface area contributed by atoms with Crippen molar-refractivity contribution in [3.8, 4) is 22.8 Å². The van der Waals surface area contributed by atoms with Crippen LogP contribution in [0.2, 0.25) is 0 Å². The quantitative estimate of drug-likeness (QED) is 0.559. The van der Waals surface area contributed by atoms with Gasteiger partial charge in [0.1, 0.15) is 6.54 Å². The Hall–Kier alpha value is -3.36. The van der Waals surface area contributed by atoms with Gasteiger partial charge in [-0.2, -0.15) is 0 Å². The van der Waals surface area contributed by atoms with E-state index in [1.165, 1.54) is 0 Å². The Bertz CT molecular complexity index is 1080. The molecule has 2 saturated carbocycles. The third-order valence-electron chi connectivity index (χ3n) is 7.53. The first-order valence-electron chi connectivity index (χ1n) is 13.0. The van der Waals surface area contributed by atoms with Crippen molar-refractivity contribution in [3.05, 3.63) is 30.3 Å². The van der Waals surface area contributed by atoms with Gasteiger partial charge in [-0.1, -0.05) is 6.42 Å². The number of nitrogens with zero attached hydrogens (tertiary/aromatic N) is 5. The lowest BCUT2D eigenvalue weighted by Gasteiger charge is -2.33. The van der Waals surface area contributed by atoms with E-state index in [1.54, 1.807) is 14.2 Å². The number of anilines is 1. The Balaban J connectivity index is 1.19. The predicted octanol–water partition coefficient (Wildman–Crippen LogP) is 2.99. The number of ether oxygens (including phenoxy) is 2. The van der Waals surface area contributed by atoms with Gasteiger partial charge >= 0.3 is 0 Å². The maximum absolute atomic E-state index is 13.1. The Morgan fingerprint density at radius 2 is 1.72 bits per heavy atom. The van der Waals surface area contributed by atoms with E-state index in [1.807, 2.05) is 40.1 Å². The number of carbonyl (C=O) groups excluding carboxylic acids is 2. The molecule has 192 valence electrons. The smallest absolute Gasteiger partial charge is 0.242 e. The first kappa shape index (κ1) is 24.3. The molecule has 0 unspecified atom stereocenters. The molecule has 9 heteroatoms. The van der Waals surface area contributed by atoms with Gasteiger partial charge in [0, 0.05) is 43.7 Å². The van der Waals surface area contributed by atoms with Crippen LogP contribution >= 0.6 is 0 Å². The minimum Gasteiger partial charge on any atom is -0.493 e.